The van der Waals surface area contributed by atoms with Crippen LogP contribution < -0.4 is 11.1 Å². The van der Waals surface area contributed by atoms with Crippen LogP contribution in [0.3, 0.4) is 0 Å². The molecular weight excluding hydrogens is 250 g/mol. The lowest BCUT2D eigenvalue weighted by atomic mass is 9.86. The van der Waals surface area contributed by atoms with Crippen LogP contribution in [0, 0.1) is 5.92 Å². The van der Waals surface area contributed by atoms with E-state index in [1.165, 1.54) is 25.7 Å². The zero-order valence-corrected chi connectivity index (χ0v) is 13.7. The lowest BCUT2D eigenvalue weighted by Crippen LogP contribution is -2.53. The van der Waals surface area contributed by atoms with Crippen molar-refractivity contribution in [3.8, 4) is 0 Å². The van der Waals surface area contributed by atoms with Crippen molar-refractivity contribution in [2.24, 2.45) is 11.7 Å². The third kappa shape index (κ3) is 5.06. The second-order valence-corrected chi connectivity index (χ2v) is 6.74. The summed E-state index contributed by atoms with van der Waals surface area (Å²) >= 11 is 0. The number of carbonyl (C=O) groups excluding carboxylic acids is 1. The van der Waals surface area contributed by atoms with Gasteiger partial charge in [0.2, 0.25) is 5.91 Å². The van der Waals surface area contributed by atoms with Crippen LogP contribution in [0.15, 0.2) is 0 Å². The van der Waals surface area contributed by atoms with Gasteiger partial charge in [0.15, 0.2) is 0 Å². The molecule has 1 aliphatic carbocycles. The standard InChI is InChI=1S/C16H33N3O/c1-5-18-16(3,15(17)20)10-7-11-19(4)14-9-6-8-13(2)12-14/h13-14,18H,5-12H2,1-4H3,(H2,17,20). The van der Waals surface area contributed by atoms with Gasteiger partial charge < -0.3 is 16.0 Å². The molecule has 0 aromatic rings. The normalized spacial score (nSPS) is 26.4. The number of hydrogen-bond acceptors (Lipinski definition) is 3. The average molecular weight is 283 g/mol. The van der Waals surface area contributed by atoms with Crippen molar-refractivity contribution in [3.05, 3.63) is 0 Å². The van der Waals surface area contributed by atoms with Gasteiger partial charge in [-0.1, -0.05) is 26.7 Å². The number of carbonyl (C=O) groups is 1. The Balaban J connectivity index is 2.36. The van der Waals surface area contributed by atoms with E-state index in [9.17, 15) is 4.79 Å². The van der Waals surface area contributed by atoms with Gasteiger partial charge in [0.1, 0.15) is 0 Å². The topological polar surface area (TPSA) is 58.4 Å². The van der Waals surface area contributed by atoms with Crippen LogP contribution >= 0.6 is 0 Å². The van der Waals surface area contributed by atoms with Gasteiger partial charge in [0, 0.05) is 6.04 Å². The van der Waals surface area contributed by atoms with Crippen LogP contribution in [0.25, 0.3) is 0 Å². The molecule has 3 N–H and O–H groups in total. The minimum Gasteiger partial charge on any atom is -0.368 e. The van der Waals surface area contributed by atoms with Crippen molar-refractivity contribution in [3.63, 3.8) is 0 Å². The van der Waals surface area contributed by atoms with Gasteiger partial charge in [-0.2, -0.15) is 0 Å². The fraction of sp³-hybridized carbons (Fsp3) is 0.938. The Morgan fingerprint density at radius 2 is 2.15 bits per heavy atom. The SMILES string of the molecule is CCNC(C)(CCCN(C)C1CCCC(C)C1)C(N)=O. The van der Waals surface area contributed by atoms with Gasteiger partial charge in [0.05, 0.1) is 5.54 Å². The van der Waals surface area contributed by atoms with E-state index >= 15 is 0 Å². The van der Waals surface area contributed by atoms with E-state index in [4.69, 9.17) is 5.73 Å². The molecule has 0 saturated heterocycles. The van der Waals surface area contributed by atoms with Crippen molar-refractivity contribution >= 4 is 5.91 Å². The zero-order chi connectivity index (χ0) is 15.2. The van der Waals surface area contributed by atoms with Gasteiger partial charge in [0.25, 0.3) is 0 Å². The zero-order valence-electron chi connectivity index (χ0n) is 13.7. The van der Waals surface area contributed by atoms with Gasteiger partial charge >= 0.3 is 0 Å². The molecule has 0 heterocycles. The summed E-state index contributed by atoms with van der Waals surface area (Å²) in [5.74, 6) is 0.613. The van der Waals surface area contributed by atoms with Crippen LogP contribution in [0.5, 0.6) is 0 Å². The predicted molar refractivity (Wildman–Crippen MR) is 84.6 cm³/mol. The summed E-state index contributed by atoms with van der Waals surface area (Å²) in [6, 6.07) is 0.720. The summed E-state index contributed by atoms with van der Waals surface area (Å²) in [7, 11) is 2.22. The predicted octanol–water partition coefficient (Wildman–Crippen LogP) is 2.13. The van der Waals surface area contributed by atoms with Crippen LogP contribution in [0.1, 0.15) is 59.3 Å². The molecule has 0 radical (unpaired) electrons. The van der Waals surface area contributed by atoms with Crippen LogP contribution in [-0.2, 0) is 4.79 Å². The third-order valence-electron chi connectivity index (χ3n) is 4.83. The number of nitrogens with zero attached hydrogens (tertiary/aromatic N) is 1. The van der Waals surface area contributed by atoms with Gasteiger partial charge in [-0.15, -0.1) is 0 Å². The molecule has 1 saturated carbocycles. The Hall–Kier alpha value is -0.610. The molecular formula is C16H33N3O. The molecule has 3 unspecified atom stereocenters. The van der Waals surface area contributed by atoms with E-state index in [0.29, 0.717) is 0 Å². The Labute approximate surface area is 124 Å². The molecule has 4 heteroatoms. The lowest BCUT2D eigenvalue weighted by molar-refractivity contribution is -0.124. The highest BCUT2D eigenvalue weighted by Gasteiger charge is 2.29. The minimum absolute atomic E-state index is 0.242. The molecule has 0 aromatic carbocycles. The Morgan fingerprint density at radius 1 is 1.45 bits per heavy atom. The van der Waals surface area contributed by atoms with E-state index in [1.807, 2.05) is 13.8 Å². The maximum Gasteiger partial charge on any atom is 0.237 e. The molecule has 0 aromatic heterocycles. The number of likely N-dealkylation sites (N-methyl/N-ethyl adjacent to an activating group) is 1. The summed E-state index contributed by atoms with van der Waals surface area (Å²) in [5, 5.41) is 3.23. The number of rotatable bonds is 8. The van der Waals surface area contributed by atoms with Crippen molar-refractivity contribution in [1.29, 1.82) is 0 Å². The maximum atomic E-state index is 11.6. The molecule has 0 aliphatic heterocycles. The summed E-state index contributed by atoms with van der Waals surface area (Å²) < 4.78 is 0. The molecule has 3 atom stereocenters. The first-order valence-electron chi connectivity index (χ1n) is 8.14. The number of nitrogens with one attached hydrogen (secondary N) is 1. The van der Waals surface area contributed by atoms with Gasteiger partial charge in [-0.05, 0) is 58.7 Å². The first-order valence-corrected chi connectivity index (χ1v) is 8.14. The van der Waals surface area contributed by atoms with Gasteiger partial charge in [-0.25, -0.2) is 0 Å². The maximum absolute atomic E-state index is 11.6. The number of amides is 1. The highest BCUT2D eigenvalue weighted by atomic mass is 16.1. The lowest BCUT2D eigenvalue weighted by Gasteiger charge is -2.35. The van der Waals surface area contributed by atoms with E-state index in [-0.39, 0.29) is 5.91 Å². The molecule has 0 spiro atoms. The molecule has 20 heavy (non-hydrogen) atoms. The fourth-order valence-corrected chi connectivity index (χ4v) is 3.36. The second-order valence-electron chi connectivity index (χ2n) is 6.74. The third-order valence-corrected chi connectivity index (χ3v) is 4.83. The van der Waals surface area contributed by atoms with Gasteiger partial charge in [-0.3, -0.25) is 4.79 Å². The smallest absolute Gasteiger partial charge is 0.237 e. The van der Waals surface area contributed by atoms with Crippen LogP contribution in [0.4, 0.5) is 0 Å². The Kier molecular flexibility index (Phi) is 6.96. The van der Waals surface area contributed by atoms with E-state index in [2.05, 4.69) is 24.2 Å². The summed E-state index contributed by atoms with van der Waals surface area (Å²) in [6.07, 6.45) is 7.19. The highest BCUT2D eigenvalue weighted by Crippen LogP contribution is 2.27. The van der Waals surface area contributed by atoms with Crippen molar-refractivity contribution in [1.82, 2.24) is 10.2 Å². The summed E-state index contributed by atoms with van der Waals surface area (Å²) in [4.78, 5) is 14.1. The largest absolute Gasteiger partial charge is 0.368 e. The molecule has 1 amide bonds. The minimum atomic E-state index is -0.560. The molecule has 1 fully saturated rings. The molecule has 1 rings (SSSR count). The molecule has 0 bridgehead atoms. The van der Waals surface area contributed by atoms with Crippen LogP contribution in [0.2, 0.25) is 0 Å². The quantitative estimate of drug-likeness (QED) is 0.717. The monoisotopic (exact) mass is 283 g/mol. The number of hydrogen-bond donors (Lipinski definition) is 2. The number of nitrogens with two attached hydrogens (primary N) is 1. The van der Waals surface area contributed by atoms with Crippen molar-refractivity contribution in [2.75, 3.05) is 20.1 Å². The first-order chi connectivity index (χ1) is 9.39. The summed E-state index contributed by atoms with van der Waals surface area (Å²) in [5.41, 5.74) is 4.96. The average Bonchev–Trinajstić information content (AvgIpc) is 2.38. The number of primary amides is 1. The fourth-order valence-electron chi connectivity index (χ4n) is 3.36. The Morgan fingerprint density at radius 3 is 2.70 bits per heavy atom. The first kappa shape index (κ1) is 17.4. The molecule has 4 nitrogen and oxygen atoms in total. The van der Waals surface area contributed by atoms with Crippen LogP contribution in [-0.4, -0.2) is 42.5 Å². The Bertz CT molecular complexity index is 308. The van der Waals surface area contributed by atoms with E-state index < -0.39 is 5.54 Å². The molecule has 1 aliphatic rings. The highest BCUT2D eigenvalue weighted by molar-refractivity contribution is 5.84. The summed E-state index contributed by atoms with van der Waals surface area (Å²) in [6.45, 7) is 8.11. The molecule has 118 valence electrons. The van der Waals surface area contributed by atoms with Crippen molar-refractivity contribution in [2.45, 2.75) is 70.9 Å². The second kappa shape index (κ2) is 7.99. The van der Waals surface area contributed by atoms with Crippen molar-refractivity contribution < 1.29 is 4.79 Å². The van der Waals surface area contributed by atoms with E-state index in [0.717, 1.165) is 37.9 Å². The van der Waals surface area contributed by atoms with E-state index in [1.54, 1.807) is 0 Å².